The van der Waals surface area contributed by atoms with E-state index in [0.29, 0.717) is 5.75 Å². The van der Waals surface area contributed by atoms with Crippen LogP contribution >= 0.6 is 11.8 Å². The molecule has 28 heavy (non-hydrogen) atoms. The van der Waals surface area contributed by atoms with Crippen molar-refractivity contribution < 1.29 is 9.53 Å². The second-order valence-electron chi connectivity index (χ2n) is 6.57. The highest BCUT2D eigenvalue weighted by molar-refractivity contribution is 7.99. The van der Waals surface area contributed by atoms with E-state index >= 15 is 0 Å². The molecule has 0 aromatic heterocycles. The van der Waals surface area contributed by atoms with Gasteiger partial charge in [0.2, 0.25) is 5.91 Å². The van der Waals surface area contributed by atoms with Gasteiger partial charge in [-0.15, -0.1) is 11.8 Å². The van der Waals surface area contributed by atoms with Crippen molar-refractivity contribution in [3.05, 3.63) is 102 Å². The van der Waals surface area contributed by atoms with E-state index < -0.39 is 0 Å². The Morgan fingerprint density at radius 3 is 2.11 bits per heavy atom. The summed E-state index contributed by atoms with van der Waals surface area (Å²) in [6.07, 6.45) is 0. The van der Waals surface area contributed by atoms with Crippen LogP contribution in [-0.4, -0.2) is 30.7 Å². The third-order valence-electron chi connectivity index (χ3n) is 4.64. The number of methoxy groups -OCH3 is 1. The number of thioether (sulfide) groups is 1. The lowest BCUT2D eigenvalue weighted by atomic mass is 9.97. The standard InChI is InChI=1S/C24H25NO2S/c1-25(23(26)18-28-17-19-10-9-15-22(16-19)27-2)24(20-11-5-3-6-12-20)21-13-7-4-8-14-21/h3-16,24H,17-18H2,1-2H3. The number of hydrogen-bond acceptors (Lipinski definition) is 3. The average molecular weight is 392 g/mol. The zero-order valence-electron chi connectivity index (χ0n) is 16.2. The summed E-state index contributed by atoms with van der Waals surface area (Å²) in [5.41, 5.74) is 3.38. The fourth-order valence-corrected chi connectivity index (χ4v) is 4.07. The average Bonchev–Trinajstić information content (AvgIpc) is 2.75. The van der Waals surface area contributed by atoms with Crippen LogP contribution in [0.2, 0.25) is 0 Å². The van der Waals surface area contributed by atoms with E-state index in [0.717, 1.165) is 28.2 Å². The van der Waals surface area contributed by atoms with Crippen molar-refractivity contribution in [1.29, 1.82) is 0 Å². The van der Waals surface area contributed by atoms with Gasteiger partial charge in [0.15, 0.2) is 0 Å². The van der Waals surface area contributed by atoms with Crippen LogP contribution in [0.4, 0.5) is 0 Å². The molecular weight excluding hydrogens is 366 g/mol. The van der Waals surface area contributed by atoms with Crippen molar-refractivity contribution in [3.8, 4) is 5.75 Å². The first-order valence-corrected chi connectivity index (χ1v) is 10.4. The predicted molar refractivity (Wildman–Crippen MR) is 117 cm³/mol. The molecular formula is C24H25NO2S. The summed E-state index contributed by atoms with van der Waals surface area (Å²) < 4.78 is 5.27. The van der Waals surface area contributed by atoms with Crippen LogP contribution in [0.5, 0.6) is 5.75 Å². The summed E-state index contributed by atoms with van der Waals surface area (Å²) in [7, 11) is 3.55. The molecule has 0 unspecified atom stereocenters. The van der Waals surface area contributed by atoms with Crippen LogP contribution < -0.4 is 4.74 Å². The van der Waals surface area contributed by atoms with E-state index in [1.165, 1.54) is 0 Å². The number of benzene rings is 3. The Morgan fingerprint density at radius 1 is 0.929 bits per heavy atom. The Bertz CT molecular complexity index is 844. The Morgan fingerprint density at radius 2 is 1.54 bits per heavy atom. The third-order valence-corrected chi connectivity index (χ3v) is 5.63. The Hall–Kier alpha value is -2.72. The van der Waals surface area contributed by atoms with E-state index in [4.69, 9.17) is 4.74 Å². The highest BCUT2D eigenvalue weighted by atomic mass is 32.2. The predicted octanol–water partition coefficient (Wildman–Crippen LogP) is 5.18. The quantitative estimate of drug-likeness (QED) is 0.530. The highest BCUT2D eigenvalue weighted by Gasteiger charge is 2.23. The molecule has 3 nitrogen and oxygen atoms in total. The molecule has 0 saturated heterocycles. The fraction of sp³-hybridized carbons (Fsp3) is 0.208. The molecule has 0 bridgehead atoms. The smallest absolute Gasteiger partial charge is 0.233 e. The molecule has 144 valence electrons. The third kappa shape index (κ3) is 5.17. The van der Waals surface area contributed by atoms with Gasteiger partial charge < -0.3 is 9.64 Å². The first-order chi connectivity index (χ1) is 13.7. The summed E-state index contributed by atoms with van der Waals surface area (Å²) in [4.78, 5) is 14.8. The zero-order valence-corrected chi connectivity index (χ0v) is 17.1. The second kappa shape index (κ2) is 10.00. The lowest BCUT2D eigenvalue weighted by Gasteiger charge is -2.29. The molecule has 3 aromatic carbocycles. The van der Waals surface area contributed by atoms with E-state index in [1.807, 2.05) is 66.5 Å². The molecule has 3 rings (SSSR count). The van der Waals surface area contributed by atoms with Crippen LogP contribution in [0.15, 0.2) is 84.9 Å². The van der Waals surface area contributed by atoms with E-state index in [1.54, 1.807) is 18.9 Å². The lowest BCUT2D eigenvalue weighted by molar-refractivity contribution is -0.128. The molecule has 0 aliphatic heterocycles. The van der Waals surface area contributed by atoms with Crippen molar-refractivity contribution in [2.75, 3.05) is 19.9 Å². The Kier molecular flexibility index (Phi) is 7.15. The van der Waals surface area contributed by atoms with E-state index in [9.17, 15) is 4.79 Å². The number of amides is 1. The summed E-state index contributed by atoms with van der Waals surface area (Å²) in [6.45, 7) is 0. The van der Waals surface area contributed by atoms with E-state index in [2.05, 4.69) is 30.3 Å². The Labute approximate surface area is 171 Å². The molecule has 0 radical (unpaired) electrons. The molecule has 0 fully saturated rings. The van der Waals surface area contributed by atoms with Crippen LogP contribution in [0.1, 0.15) is 22.7 Å². The van der Waals surface area contributed by atoms with E-state index in [-0.39, 0.29) is 11.9 Å². The molecule has 0 aliphatic rings. The highest BCUT2D eigenvalue weighted by Crippen LogP contribution is 2.28. The van der Waals surface area contributed by atoms with Crippen molar-refractivity contribution in [2.24, 2.45) is 0 Å². The van der Waals surface area contributed by atoms with Gasteiger partial charge in [-0.2, -0.15) is 0 Å². The summed E-state index contributed by atoms with van der Waals surface area (Å²) in [5.74, 6) is 2.17. The van der Waals surface area contributed by atoms with Crippen molar-refractivity contribution in [1.82, 2.24) is 4.90 Å². The van der Waals surface area contributed by atoms with Gasteiger partial charge in [-0.05, 0) is 28.8 Å². The maximum Gasteiger partial charge on any atom is 0.233 e. The minimum atomic E-state index is -0.0904. The fourth-order valence-electron chi connectivity index (χ4n) is 3.17. The van der Waals surface area contributed by atoms with Gasteiger partial charge in [0.05, 0.1) is 18.9 Å². The molecule has 0 heterocycles. The van der Waals surface area contributed by atoms with Gasteiger partial charge in [-0.25, -0.2) is 0 Å². The number of nitrogens with zero attached hydrogens (tertiary/aromatic N) is 1. The molecule has 0 atom stereocenters. The number of carbonyl (C=O) groups is 1. The second-order valence-corrected chi connectivity index (χ2v) is 7.56. The van der Waals surface area contributed by atoms with Crippen molar-refractivity contribution in [3.63, 3.8) is 0 Å². The normalized spacial score (nSPS) is 10.7. The molecule has 0 saturated carbocycles. The van der Waals surface area contributed by atoms with Crippen molar-refractivity contribution >= 4 is 17.7 Å². The lowest BCUT2D eigenvalue weighted by Crippen LogP contribution is -2.33. The molecule has 3 aromatic rings. The number of carbonyl (C=O) groups excluding carboxylic acids is 1. The number of hydrogen-bond donors (Lipinski definition) is 0. The van der Waals surface area contributed by atoms with Gasteiger partial charge in [0.25, 0.3) is 0 Å². The maximum absolute atomic E-state index is 12.9. The molecule has 4 heteroatoms. The number of ether oxygens (including phenoxy) is 1. The van der Waals surface area contributed by atoms with Crippen LogP contribution in [0, 0.1) is 0 Å². The molecule has 0 aliphatic carbocycles. The first kappa shape index (κ1) is 20.0. The van der Waals surface area contributed by atoms with Gasteiger partial charge in [-0.3, -0.25) is 4.79 Å². The summed E-state index contributed by atoms with van der Waals surface area (Å²) in [5, 5.41) is 0. The monoisotopic (exact) mass is 391 g/mol. The van der Waals surface area contributed by atoms with Gasteiger partial charge in [-0.1, -0.05) is 72.8 Å². The topological polar surface area (TPSA) is 29.5 Å². The summed E-state index contributed by atoms with van der Waals surface area (Å²) >= 11 is 1.62. The summed E-state index contributed by atoms with van der Waals surface area (Å²) in [6, 6.07) is 28.2. The largest absolute Gasteiger partial charge is 0.497 e. The van der Waals surface area contributed by atoms with Gasteiger partial charge in [0, 0.05) is 12.8 Å². The van der Waals surface area contributed by atoms with Crippen LogP contribution in [-0.2, 0) is 10.5 Å². The maximum atomic E-state index is 12.9. The molecule has 1 amide bonds. The van der Waals surface area contributed by atoms with Crippen LogP contribution in [0.25, 0.3) is 0 Å². The number of rotatable bonds is 8. The molecule has 0 spiro atoms. The van der Waals surface area contributed by atoms with Gasteiger partial charge in [0.1, 0.15) is 5.75 Å². The zero-order chi connectivity index (χ0) is 19.8. The minimum Gasteiger partial charge on any atom is -0.497 e. The molecule has 0 N–H and O–H groups in total. The SMILES string of the molecule is COc1cccc(CSCC(=O)N(C)C(c2ccccc2)c2ccccc2)c1. The van der Waals surface area contributed by atoms with Gasteiger partial charge >= 0.3 is 0 Å². The Balaban J connectivity index is 1.68. The first-order valence-electron chi connectivity index (χ1n) is 9.25. The minimum absolute atomic E-state index is 0.0904. The van der Waals surface area contributed by atoms with Crippen molar-refractivity contribution in [2.45, 2.75) is 11.8 Å². The van der Waals surface area contributed by atoms with Crippen LogP contribution in [0.3, 0.4) is 0 Å².